The number of carbonyl (C=O) groups is 1. The number of aromatic nitrogens is 2. The summed E-state index contributed by atoms with van der Waals surface area (Å²) in [6.07, 6.45) is 3.20. The lowest BCUT2D eigenvalue weighted by Crippen LogP contribution is -2.17. The zero-order chi connectivity index (χ0) is 12.3. The van der Waals surface area contributed by atoms with E-state index in [1.54, 1.807) is 0 Å². The van der Waals surface area contributed by atoms with Gasteiger partial charge in [-0.15, -0.1) is 0 Å². The Morgan fingerprint density at radius 1 is 1.53 bits per heavy atom. The summed E-state index contributed by atoms with van der Waals surface area (Å²) in [5.74, 6) is 0.995. The van der Waals surface area contributed by atoms with E-state index in [-0.39, 0.29) is 21.6 Å². The number of hydrogen-bond donors (Lipinski definition) is 1. The molecule has 1 heterocycles. The highest BCUT2D eigenvalue weighted by atomic mass is 79.9. The van der Waals surface area contributed by atoms with Crippen LogP contribution in [0.4, 0.5) is 5.13 Å². The molecule has 1 aromatic rings. The van der Waals surface area contributed by atoms with E-state index in [0.29, 0.717) is 5.13 Å². The first-order valence-corrected chi connectivity index (χ1v) is 7.31. The van der Waals surface area contributed by atoms with Gasteiger partial charge in [-0.25, -0.2) is 4.98 Å². The van der Waals surface area contributed by atoms with Gasteiger partial charge in [0.05, 0.1) is 5.92 Å². The van der Waals surface area contributed by atoms with E-state index in [1.807, 2.05) is 6.92 Å². The van der Waals surface area contributed by atoms with Gasteiger partial charge in [0.2, 0.25) is 11.0 Å². The van der Waals surface area contributed by atoms with Gasteiger partial charge in [0.25, 0.3) is 0 Å². The first kappa shape index (κ1) is 11.6. The summed E-state index contributed by atoms with van der Waals surface area (Å²) >= 11 is 4.80. The van der Waals surface area contributed by atoms with E-state index in [1.165, 1.54) is 11.5 Å². The maximum Gasteiger partial charge on any atom is 0.230 e. The summed E-state index contributed by atoms with van der Waals surface area (Å²) in [4.78, 5) is 16.3. The first-order chi connectivity index (χ1) is 7.91. The van der Waals surface area contributed by atoms with Crippen LogP contribution in [0.15, 0.2) is 0 Å². The van der Waals surface area contributed by atoms with Gasteiger partial charge < -0.3 is 5.32 Å². The monoisotopic (exact) mass is 315 g/mol. The average molecular weight is 316 g/mol. The van der Waals surface area contributed by atoms with Gasteiger partial charge in [0.15, 0.2) is 5.82 Å². The van der Waals surface area contributed by atoms with Gasteiger partial charge in [-0.1, -0.05) is 22.9 Å². The minimum absolute atomic E-state index is 0.0208. The van der Waals surface area contributed by atoms with E-state index in [9.17, 15) is 4.79 Å². The molecule has 0 bridgehead atoms. The van der Waals surface area contributed by atoms with Gasteiger partial charge in [0.1, 0.15) is 0 Å². The quantitative estimate of drug-likeness (QED) is 0.872. The van der Waals surface area contributed by atoms with Gasteiger partial charge in [-0.05, 0) is 26.2 Å². The van der Waals surface area contributed by atoms with Crippen molar-refractivity contribution in [3.05, 3.63) is 5.82 Å². The van der Waals surface area contributed by atoms with Crippen molar-refractivity contribution in [3.8, 4) is 0 Å². The second-order valence-electron chi connectivity index (χ2n) is 5.51. The molecule has 1 N–H and O–H groups in total. The van der Waals surface area contributed by atoms with E-state index < -0.39 is 0 Å². The molecule has 0 spiro atoms. The number of alkyl halides is 1. The highest BCUT2D eigenvalue weighted by Gasteiger charge is 2.53. The zero-order valence-electron chi connectivity index (χ0n) is 9.79. The minimum Gasteiger partial charge on any atom is -0.300 e. The van der Waals surface area contributed by atoms with Gasteiger partial charge >= 0.3 is 0 Å². The molecule has 1 aromatic heterocycles. The van der Waals surface area contributed by atoms with Crippen molar-refractivity contribution in [2.24, 2.45) is 5.92 Å². The topological polar surface area (TPSA) is 54.9 Å². The number of halogens is 1. The summed E-state index contributed by atoms with van der Waals surface area (Å²) in [5.41, 5.74) is 0.170. The SMILES string of the molecule is CC1(c2nsc(NC(=O)C3CC3(C)Br)n2)CC1. The summed E-state index contributed by atoms with van der Waals surface area (Å²) in [5, 5.41) is 3.49. The molecule has 6 heteroatoms. The molecule has 2 fully saturated rings. The molecule has 4 nitrogen and oxygen atoms in total. The molecule has 2 unspecified atom stereocenters. The van der Waals surface area contributed by atoms with Crippen molar-refractivity contribution in [1.82, 2.24) is 9.36 Å². The first-order valence-electron chi connectivity index (χ1n) is 5.75. The Morgan fingerprint density at radius 3 is 2.71 bits per heavy atom. The molecule has 2 atom stereocenters. The van der Waals surface area contributed by atoms with Crippen LogP contribution in [0.1, 0.15) is 38.9 Å². The number of carbonyl (C=O) groups excluding carboxylic acids is 1. The molecule has 2 saturated carbocycles. The van der Waals surface area contributed by atoms with E-state index >= 15 is 0 Å². The van der Waals surface area contributed by atoms with Crippen LogP contribution in [-0.2, 0) is 10.2 Å². The van der Waals surface area contributed by atoms with Crippen LogP contribution in [0.5, 0.6) is 0 Å². The predicted molar refractivity (Wildman–Crippen MR) is 70.6 cm³/mol. The van der Waals surface area contributed by atoms with Crippen molar-refractivity contribution < 1.29 is 4.79 Å². The molecule has 2 aliphatic rings. The van der Waals surface area contributed by atoms with Crippen LogP contribution < -0.4 is 5.32 Å². The fourth-order valence-electron chi connectivity index (χ4n) is 1.83. The Hall–Kier alpha value is -0.490. The van der Waals surface area contributed by atoms with Crippen molar-refractivity contribution in [1.29, 1.82) is 0 Å². The summed E-state index contributed by atoms with van der Waals surface area (Å²) in [6, 6.07) is 0. The molecule has 0 radical (unpaired) electrons. The highest BCUT2D eigenvalue weighted by Crippen LogP contribution is 2.51. The Morgan fingerprint density at radius 2 is 2.18 bits per heavy atom. The standard InChI is InChI=1S/C11H14BrN3OS/c1-10(3-4-10)8-14-9(17-15-8)13-7(16)6-5-11(6,2)12/h6H,3-5H2,1-2H3,(H,13,14,15,16). The normalized spacial score (nSPS) is 33.2. The third-order valence-corrected chi connectivity index (χ3v) is 5.19. The molecule has 3 rings (SSSR count). The average Bonchev–Trinajstić information content (AvgIpc) is 3.06. The number of nitrogens with one attached hydrogen (secondary N) is 1. The second-order valence-corrected chi connectivity index (χ2v) is 8.07. The lowest BCUT2D eigenvalue weighted by atomic mass is 10.1. The van der Waals surface area contributed by atoms with E-state index in [4.69, 9.17) is 0 Å². The Labute approximate surface area is 113 Å². The fraction of sp³-hybridized carbons (Fsp3) is 0.727. The Bertz CT molecular complexity index is 481. The van der Waals surface area contributed by atoms with E-state index in [2.05, 4.69) is 37.5 Å². The van der Waals surface area contributed by atoms with E-state index in [0.717, 1.165) is 25.1 Å². The smallest absolute Gasteiger partial charge is 0.230 e. The van der Waals surface area contributed by atoms with Crippen LogP contribution in [0.2, 0.25) is 0 Å². The maximum atomic E-state index is 11.9. The van der Waals surface area contributed by atoms with Crippen LogP contribution in [0, 0.1) is 5.92 Å². The largest absolute Gasteiger partial charge is 0.300 e. The molecule has 0 aromatic carbocycles. The molecule has 17 heavy (non-hydrogen) atoms. The minimum atomic E-state index is -0.0208. The predicted octanol–water partition coefficient (Wildman–Crippen LogP) is 2.70. The van der Waals surface area contributed by atoms with Crippen molar-refractivity contribution in [3.63, 3.8) is 0 Å². The fourth-order valence-corrected chi connectivity index (χ4v) is 3.07. The summed E-state index contributed by atoms with van der Waals surface area (Å²) < 4.78 is 4.30. The van der Waals surface area contributed by atoms with Crippen molar-refractivity contribution in [2.75, 3.05) is 5.32 Å². The van der Waals surface area contributed by atoms with Crippen LogP contribution in [-0.4, -0.2) is 19.6 Å². The molecular weight excluding hydrogens is 302 g/mol. The summed E-state index contributed by atoms with van der Waals surface area (Å²) in [6.45, 7) is 4.20. The third kappa shape index (κ3) is 2.12. The lowest BCUT2D eigenvalue weighted by Gasteiger charge is -2.02. The Kier molecular flexibility index (Phi) is 2.39. The van der Waals surface area contributed by atoms with Crippen LogP contribution in [0.25, 0.3) is 0 Å². The maximum absolute atomic E-state index is 11.9. The summed E-state index contributed by atoms with van der Waals surface area (Å²) in [7, 11) is 0. The van der Waals surface area contributed by atoms with Gasteiger partial charge in [-0.3, -0.25) is 4.79 Å². The number of rotatable bonds is 3. The molecule has 0 aliphatic heterocycles. The third-order valence-electron chi connectivity index (χ3n) is 3.68. The molecule has 0 saturated heterocycles. The number of hydrogen-bond acceptors (Lipinski definition) is 4. The van der Waals surface area contributed by atoms with Crippen molar-refractivity contribution in [2.45, 2.75) is 42.8 Å². The number of nitrogens with zero attached hydrogens (tertiary/aromatic N) is 2. The zero-order valence-corrected chi connectivity index (χ0v) is 12.2. The molecular formula is C11H14BrN3OS. The second kappa shape index (κ2) is 3.51. The molecule has 2 aliphatic carbocycles. The lowest BCUT2D eigenvalue weighted by molar-refractivity contribution is -0.117. The Balaban J connectivity index is 1.66. The van der Waals surface area contributed by atoms with Gasteiger partial charge in [-0.2, -0.15) is 4.37 Å². The van der Waals surface area contributed by atoms with Crippen LogP contribution >= 0.6 is 27.5 Å². The molecule has 92 valence electrons. The number of anilines is 1. The van der Waals surface area contributed by atoms with Crippen LogP contribution in [0.3, 0.4) is 0 Å². The van der Waals surface area contributed by atoms with Gasteiger partial charge in [0, 0.05) is 21.3 Å². The number of amides is 1. The molecule has 1 amide bonds. The van der Waals surface area contributed by atoms with Crippen molar-refractivity contribution >= 4 is 38.5 Å². The highest BCUT2D eigenvalue weighted by molar-refractivity contribution is 9.10.